The van der Waals surface area contributed by atoms with Crippen molar-refractivity contribution in [2.24, 2.45) is 11.8 Å². The summed E-state index contributed by atoms with van der Waals surface area (Å²) in [6, 6.07) is 4.41. The molecule has 0 spiro atoms. The molecular formula is C16H22FNO2. The molecule has 0 radical (unpaired) electrons. The highest BCUT2D eigenvalue weighted by Gasteiger charge is 2.25. The standard InChI is InChI=1S/C16H22FNO2/c1-10-4-6-13(8-11(10)2)18-15-9-12(17)5-7-14(15)16(19)20-3/h5,7,9-11,13,18H,4,6,8H2,1-3H3. The van der Waals surface area contributed by atoms with Gasteiger partial charge in [-0.2, -0.15) is 0 Å². The Morgan fingerprint density at radius 2 is 2.05 bits per heavy atom. The SMILES string of the molecule is COC(=O)c1ccc(F)cc1NC1CCC(C)C(C)C1. The Labute approximate surface area is 119 Å². The summed E-state index contributed by atoms with van der Waals surface area (Å²) in [6.07, 6.45) is 3.24. The molecule has 1 saturated carbocycles. The first kappa shape index (κ1) is 14.8. The Balaban J connectivity index is 2.16. The molecule has 1 fully saturated rings. The Bertz CT molecular complexity index is 489. The summed E-state index contributed by atoms with van der Waals surface area (Å²) < 4.78 is 18.2. The second-order valence-corrected chi connectivity index (χ2v) is 5.79. The van der Waals surface area contributed by atoms with Crippen molar-refractivity contribution in [1.29, 1.82) is 0 Å². The third kappa shape index (κ3) is 3.30. The van der Waals surface area contributed by atoms with E-state index >= 15 is 0 Å². The van der Waals surface area contributed by atoms with E-state index in [4.69, 9.17) is 4.74 Å². The highest BCUT2D eigenvalue weighted by molar-refractivity contribution is 5.95. The van der Waals surface area contributed by atoms with Crippen LogP contribution in [-0.2, 0) is 4.74 Å². The van der Waals surface area contributed by atoms with Crippen LogP contribution in [0.15, 0.2) is 18.2 Å². The van der Waals surface area contributed by atoms with E-state index in [0.717, 1.165) is 25.2 Å². The van der Waals surface area contributed by atoms with Gasteiger partial charge in [-0.3, -0.25) is 0 Å². The molecule has 4 heteroatoms. The average Bonchev–Trinajstić information content (AvgIpc) is 2.42. The van der Waals surface area contributed by atoms with Crippen LogP contribution in [-0.4, -0.2) is 19.1 Å². The average molecular weight is 279 g/mol. The Hall–Kier alpha value is -1.58. The Morgan fingerprint density at radius 3 is 2.70 bits per heavy atom. The molecule has 1 aliphatic carbocycles. The normalized spacial score (nSPS) is 26.1. The van der Waals surface area contributed by atoms with Gasteiger partial charge in [0.25, 0.3) is 0 Å². The van der Waals surface area contributed by atoms with Crippen LogP contribution in [0, 0.1) is 17.7 Å². The van der Waals surface area contributed by atoms with Crippen LogP contribution in [0.25, 0.3) is 0 Å². The third-order valence-corrected chi connectivity index (χ3v) is 4.34. The lowest BCUT2D eigenvalue weighted by Gasteiger charge is -2.33. The van der Waals surface area contributed by atoms with Gasteiger partial charge in [0.1, 0.15) is 5.82 Å². The van der Waals surface area contributed by atoms with Gasteiger partial charge in [-0.05, 0) is 49.3 Å². The molecule has 110 valence electrons. The summed E-state index contributed by atoms with van der Waals surface area (Å²) >= 11 is 0. The van der Waals surface area contributed by atoms with Gasteiger partial charge in [-0.25, -0.2) is 9.18 Å². The maximum atomic E-state index is 13.4. The number of carbonyl (C=O) groups is 1. The van der Waals surface area contributed by atoms with E-state index < -0.39 is 5.97 Å². The molecule has 0 aromatic heterocycles. The number of hydrogen-bond acceptors (Lipinski definition) is 3. The number of methoxy groups -OCH3 is 1. The molecular weight excluding hydrogens is 257 g/mol. The molecule has 0 amide bonds. The topological polar surface area (TPSA) is 38.3 Å². The van der Waals surface area contributed by atoms with Crippen molar-refractivity contribution in [3.8, 4) is 0 Å². The van der Waals surface area contributed by atoms with E-state index in [1.54, 1.807) is 0 Å². The van der Waals surface area contributed by atoms with Crippen LogP contribution < -0.4 is 5.32 Å². The van der Waals surface area contributed by atoms with Gasteiger partial charge in [-0.1, -0.05) is 13.8 Å². The number of ether oxygens (including phenoxy) is 1. The van der Waals surface area contributed by atoms with Gasteiger partial charge in [0, 0.05) is 6.04 Å². The molecule has 0 saturated heterocycles. The van der Waals surface area contributed by atoms with Crippen LogP contribution >= 0.6 is 0 Å². The molecule has 1 aliphatic rings. The molecule has 1 N–H and O–H groups in total. The van der Waals surface area contributed by atoms with Crippen LogP contribution in [0.5, 0.6) is 0 Å². The van der Waals surface area contributed by atoms with Gasteiger partial charge in [0.05, 0.1) is 18.4 Å². The Kier molecular flexibility index (Phi) is 4.63. The van der Waals surface area contributed by atoms with Gasteiger partial charge in [-0.15, -0.1) is 0 Å². The van der Waals surface area contributed by atoms with Gasteiger partial charge < -0.3 is 10.1 Å². The van der Waals surface area contributed by atoms with Crippen LogP contribution in [0.1, 0.15) is 43.5 Å². The van der Waals surface area contributed by atoms with E-state index in [-0.39, 0.29) is 11.9 Å². The molecule has 0 heterocycles. The van der Waals surface area contributed by atoms with Gasteiger partial charge >= 0.3 is 5.97 Å². The molecule has 0 bridgehead atoms. The summed E-state index contributed by atoms with van der Waals surface area (Å²) in [6.45, 7) is 4.51. The lowest BCUT2D eigenvalue weighted by Crippen LogP contribution is -2.31. The minimum atomic E-state index is -0.440. The zero-order valence-corrected chi connectivity index (χ0v) is 12.3. The molecule has 3 unspecified atom stereocenters. The van der Waals surface area contributed by atoms with E-state index in [0.29, 0.717) is 17.2 Å². The summed E-state index contributed by atoms with van der Waals surface area (Å²) in [5.41, 5.74) is 0.920. The zero-order valence-electron chi connectivity index (χ0n) is 12.3. The molecule has 3 atom stereocenters. The van der Waals surface area contributed by atoms with Crippen molar-refractivity contribution < 1.29 is 13.9 Å². The fourth-order valence-electron chi connectivity index (χ4n) is 2.82. The smallest absolute Gasteiger partial charge is 0.339 e. The zero-order chi connectivity index (χ0) is 14.7. The Morgan fingerprint density at radius 1 is 1.30 bits per heavy atom. The van der Waals surface area contributed by atoms with Crippen molar-refractivity contribution >= 4 is 11.7 Å². The highest BCUT2D eigenvalue weighted by Crippen LogP contribution is 2.32. The van der Waals surface area contributed by atoms with Crippen molar-refractivity contribution in [3.63, 3.8) is 0 Å². The first-order chi connectivity index (χ1) is 9.51. The molecule has 2 rings (SSSR count). The fourth-order valence-corrected chi connectivity index (χ4v) is 2.82. The number of halogens is 1. The van der Waals surface area contributed by atoms with E-state index in [1.165, 1.54) is 25.3 Å². The first-order valence-corrected chi connectivity index (χ1v) is 7.15. The second-order valence-electron chi connectivity index (χ2n) is 5.79. The monoisotopic (exact) mass is 279 g/mol. The number of hydrogen-bond donors (Lipinski definition) is 1. The molecule has 1 aromatic rings. The lowest BCUT2D eigenvalue weighted by atomic mass is 9.79. The van der Waals surface area contributed by atoms with Crippen molar-refractivity contribution in [1.82, 2.24) is 0 Å². The quantitative estimate of drug-likeness (QED) is 0.854. The predicted octanol–water partition coefficient (Wildman–Crippen LogP) is 3.85. The molecule has 0 aliphatic heterocycles. The van der Waals surface area contributed by atoms with Crippen LogP contribution in [0.2, 0.25) is 0 Å². The van der Waals surface area contributed by atoms with E-state index in [9.17, 15) is 9.18 Å². The van der Waals surface area contributed by atoms with Crippen LogP contribution in [0.4, 0.5) is 10.1 Å². The second kappa shape index (κ2) is 6.25. The van der Waals surface area contributed by atoms with Crippen molar-refractivity contribution in [3.05, 3.63) is 29.6 Å². The summed E-state index contributed by atoms with van der Waals surface area (Å²) in [5, 5.41) is 3.32. The summed E-state index contributed by atoms with van der Waals surface area (Å²) in [5.74, 6) is 0.569. The van der Waals surface area contributed by atoms with Crippen molar-refractivity contribution in [2.75, 3.05) is 12.4 Å². The molecule has 1 aromatic carbocycles. The van der Waals surface area contributed by atoms with E-state index in [1.807, 2.05) is 0 Å². The number of anilines is 1. The largest absolute Gasteiger partial charge is 0.465 e. The lowest BCUT2D eigenvalue weighted by molar-refractivity contribution is 0.0601. The maximum absolute atomic E-state index is 13.4. The fraction of sp³-hybridized carbons (Fsp3) is 0.562. The van der Waals surface area contributed by atoms with Gasteiger partial charge in [0.2, 0.25) is 0 Å². The highest BCUT2D eigenvalue weighted by atomic mass is 19.1. The summed E-state index contributed by atoms with van der Waals surface area (Å²) in [7, 11) is 1.33. The number of benzene rings is 1. The first-order valence-electron chi connectivity index (χ1n) is 7.15. The van der Waals surface area contributed by atoms with Gasteiger partial charge in [0.15, 0.2) is 0 Å². The number of rotatable bonds is 3. The summed E-state index contributed by atoms with van der Waals surface area (Å²) in [4.78, 5) is 11.7. The maximum Gasteiger partial charge on any atom is 0.339 e. The minimum absolute atomic E-state index is 0.284. The molecule has 20 heavy (non-hydrogen) atoms. The predicted molar refractivity (Wildman–Crippen MR) is 77.3 cm³/mol. The number of nitrogens with one attached hydrogen (secondary N) is 1. The van der Waals surface area contributed by atoms with Crippen molar-refractivity contribution in [2.45, 2.75) is 39.2 Å². The van der Waals surface area contributed by atoms with Crippen LogP contribution in [0.3, 0.4) is 0 Å². The third-order valence-electron chi connectivity index (χ3n) is 4.34. The molecule has 3 nitrogen and oxygen atoms in total. The minimum Gasteiger partial charge on any atom is -0.465 e. The number of carbonyl (C=O) groups excluding carboxylic acids is 1. The van der Waals surface area contributed by atoms with E-state index in [2.05, 4.69) is 19.2 Å². The number of esters is 1.